The van der Waals surface area contributed by atoms with Crippen LogP contribution in [0.25, 0.3) is 11.2 Å². The van der Waals surface area contributed by atoms with Crippen molar-refractivity contribution in [2.24, 2.45) is 7.05 Å². The Morgan fingerprint density at radius 3 is 2.62 bits per heavy atom. The highest BCUT2D eigenvalue weighted by Gasteiger charge is 2.18. The lowest BCUT2D eigenvalue weighted by Crippen LogP contribution is -2.45. The van der Waals surface area contributed by atoms with E-state index in [0.717, 1.165) is 38.3 Å². The number of rotatable bonds is 3. The Morgan fingerprint density at radius 2 is 1.88 bits per heavy atom. The molecule has 0 radical (unpaired) electrons. The van der Waals surface area contributed by atoms with E-state index in [-0.39, 0.29) is 5.76 Å². The van der Waals surface area contributed by atoms with Crippen LogP contribution in [0, 0.1) is 0 Å². The second kappa shape index (κ2) is 6.13. The first kappa shape index (κ1) is 15.0. The summed E-state index contributed by atoms with van der Waals surface area (Å²) in [5.74, 6) is -0.369. The van der Waals surface area contributed by atoms with Crippen molar-refractivity contribution in [3.8, 4) is 0 Å². The number of fused-ring (bicyclic) bond motifs is 1. The van der Waals surface area contributed by atoms with Gasteiger partial charge in [-0.25, -0.2) is 9.78 Å². The van der Waals surface area contributed by atoms with Gasteiger partial charge in [-0.1, -0.05) is 18.2 Å². The van der Waals surface area contributed by atoms with Gasteiger partial charge in [0.1, 0.15) is 0 Å². The maximum absolute atomic E-state index is 11.6. The Hall–Kier alpha value is -2.60. The number of nitrogens with zero attached hydrogens (tertiary/aromatic N) is 4. The monoisotopic (exact) mass is 324 g/mol. The minimum Gasteiger partial charge on any atom is -0.406 e. The first-order valence-electron chi connectivity index (χ1n) is 8.17. The van der Waals surface area contributed by atoms with Crippen LogP contribution in [0.2, 0.25) is 0 Å². The normalized spacial score (nSPS) is 16.0. The summed E-state index contributed by atoms with van der Waals surface area (Å²) in [5, 5.41) is 0. The fourth-order valence-electron chi connectivity index (χ4n) is 3.20. The maximum atomic E-state index is 11.6. The average molecular weight is 324 g/mol. The van der Waals surface area contributed by atoms with Crippen LogP contribution in [-0.2, 0) is 13.6 Å². The summed E-state index contributed by atoms with van der Waals surface area (Å²) in [6.45, 7) is 4.86. The summed E-state index contributed by atoms with van der Waals surface area (Å²) in [6.07, 6.45) is 1.83. The third-order valence-electron chi connectivity index (χ3n) is 4.58. The van der Waals surface area contributed by atoms with Crippen molar-refractivity contribution in [2.75, 3.05) is 31.1 Å². The lowest BCUT2D eigenvalue weighted by Gasteiger charge is -2.36. The van der Waals surface area contributed by atoms with Crippen LogP contribution in [-0.4, -0.2) is 40.6 Å². The summed E-state index contributed by atoms with van der Waals surface area (Å²) in [4.78, 5) is 20.7. The highest BCUT2D eigenvalue weighted by molar-refractivity contribution is 5.68. The molecule has 1 aromatic carbocycles. The number of benzene rings is 1. The minimum absolute atomic E-state index is 0.369. The molecule has 124 valence electrons. The van der Waals surface area contributed by atoms with Crippen LogP contribution in [0.5, 0.6) is 0 Å². The predicted octanol–water partition coefficient (Wildman–Crippen LogP) is 1.85. The standard InChI is InChI=1S/C18H20N4O2/c1-20-17-16(24-18(20)23)11-14(12-19-17)13-21-7-9-22(10-8-21)15-5-3-2-4-6-15/h2-6,11-12H,7-10,13H2,1H3. The third-order valence-corrected chi connectivity index (χ3v) is 4.58. The molecule has 1 saturated heterocycles. The zero-order valence-electron chi connectivity index (χ0n) is 13.7. The molecule has 0 aliphatic carbocycles. The van der Waals surface area contributed by atoms with Gasteiger partial charge in [-0.3, -0.25) is 9.47 Å². The first-order chi connectivity index (χ1) is 11.7. The van der Waals surface area contributed by atoms with E-state index in [0.29, 0.717) is 11.2 Å². The van der Waals surface area contributed by atoms with Crippen LogP contribution in [0.1, 0.15) is 5.56 Å². The number of para-hydroxylation sites is 1. The van der Waals surface area contributed by atoms with Gasteiger partial charge < -0.3 is 9.32 Å². The van der Waals surface area contributed by atoms with E-state index in [1.165, 1.54) is 10.3 Å². The van der Waals surface area contributed by atoms with Crippen molar-refractivity contribution in [1.82, 2.24) is 14.5 Å². The maximum Gasteiger partial charge on any atom is 0.420 e. The summed E-state index contributed by atoms with van der Waals surface area (Å²) < 4.78 is 6.65. The minimum atomic E-state index is -0.369. The average Bonchev–Trinajstić information content (AvgIpc) is 2.90. The van der Waals surface area contributed by atoms with Crippen LogP contribution in [0.3, 0.4) is 0 Å². The molecule has 0 atom stereocenters. The summed E-state index contributed by atoms with van der Waals surface area (Å²) in [5.41, 5.74) is 3.51. The van der Waals surface area contributed by atoms with E-state index in [4.69, 9.17) is 4.42 Å². The molecule has 0 amide bonds. The van der Waals surface area contributed by atoms with Crippen molar-refractivity contribution >= 4 is 16.9 Å². The lowest BCUT2D eigenvalue weighted by atomic mass is 10.2. The van der Waals surface area contributed by atoms with Gasteiger partial charge in [0, 0.05) is 51.7 Å². The van der Waals surface area contributed by atoms with Gasteiger partial charge in [-0.05, 0) is 23.8 Å². The molecular formula is C18H20N4O2. The smallest absolute Gasteiger partial charge is 0.406 e. The van der Waals surface area contributed by atoms with Gasteiger partial charge in [0.25, 0.3) is 0 Å². The van der Waals surface area contributed by atoms with Gasteiger partial charge >= 0.3 is 5.76 Å². The van der Waals surface area contributed by atoms with Gasteiger partial charge in [0.15, 0.2) is 11.2 Å². The van der Waals surface area contributed by atoms with Gasteiger partial charge in [0.05, 0.1) is 0 Å². The number of oxazole rings is 1. The Morgan fingerprint density at radius 1 is 1.12 bits per heavy atom. The Labute approximate surface area is 139 Å². The second-order valence-corrected chi connectivity index (χ2v) is 6.19. The fraction of sp³-hybridized carbons (Fsp3) is 0.333. The van der Waals surface area contributed by atoms with Crippen molar-refractivity contribution in [2.45, 2.75) is 6.54 Å². The number of aryl methyl sites for hydroxylation is 1. The summed E-state index contributed by atoms with van der Waals surface area (Å²) in [6, 6.07) is 12.4. The van der Waals surface area contributed by atoms with Crippen molar-refractivity contribution in [1.29, 1.82) is 0 Å². The zero-order valence-corrected chi connectivity index (χ0v) is 13.7. The molecule has 6 heteroatoms. The van der Waals surface area contributed by atoms with Crippen LogP contribution < -0.4 is 10.7 Å². The predicted molar refractivity (Wildman–Crippen MR) is 93.2 cm³/mol. The van der Waals surface area contributed by atoms with E-state index in [1.807, 2.05) is 18.3 Å². The van der Waals surface area contributed by atoms with E-state index < -0.39 is 0 Å². The summed E-state index contributed by atoms with van der Waals surface area (Å²) >= 11 is 0. The van der Waals surface area contributed by atoms with Gasteiger partial charge in [-0.15, -0.1) is 0 Å². The fourth-order valence-corrected chi connectivity index (χ4v) is 3.20. The molecule has 0 N–H and O–H groups in total. The van der Waals surface area contributed by atoms with Gasteiger partial charge in [0.2, 0.25) is 0 Å². The largest absolute Gasteiger partial charge is 0.420 e. The second-order valence-electron chi connectivity index (χ2n) is 6.19. The molecule has 4 rings (SSSR count). The molecular weight excluding hydrogens is 304 g/mol. The molecule has 6 nitrogen and oxygen atoms in total. The SMILES string of the molecule is Cn1c(=O)oc2cc(CN3CCN(c4ccccc4)CC3)cnc21. The summed E-state index contributed by atoms with van der Waals surface area (Å²) in [7, 11) is 1.67. The Kier molecular flexibility index (Phi) is 3.82. The number of hydrogen-bond acceptors (Lipinski definition) is 5. The van der Waals surface area contributed by atoms with Crippen molar-refractivity contribution in [3.05, 3.63) is 58.7 Å². The molecule has 24 heavy (non-hydrogen) atoms. The highest BCUT2D eigenvalue weighted by atomic mass is 16.4. The van der Waals surface area contributed by atoms with E-state index in [9.17, 15) is 4.79 Å². The molecule has 3 aromatic rings. The van der Waals surface area contributed by atoms with Crippen LogP contribution in [0.4, 0.5) is 5.69 Å². The Balaban J connectivity index is 1.43. The number of piperazine rings is 1. The molecule has 0 spiro atoms. The van der Waals surface area contributed by atoms with E-state index in [2.05, 4.69) is 39.0 Å². The van der Waals surface area contributed by atoms with Crippen LogP contribution >= 0.6 is 0 Å². The number of pyridine rings is 1. The quantitative estimate of drug-likeness (QED) is 0.736. The third kappa shape index (κ3) is 2.80. The molecule has 1 fully saturated rings. The van der Waals surface area contributed by atoms with E-state index in [1.54, 1.807) is 7.05 Å². The molecule has 0 bridgehead atoms. The molecule has 0 unspecified atom stereocenters. The lowest BCUT2D eigenvalue weighted by molar-refractivity contribution is 0.249. The first-order valence-corrected chi connectivity index (χ1v) is 8.17. The molecule has 0 saturated carbocycles. The van der Waals surface area contributed by atoms with Crippen LogP contribution in [0.15, 0.2) is 51.8 Å². The number of hydrogen-bond donors (Lipinski definition) is 0. The van der Waals surface area contributed by atoms with E-state index >= 15 is 0 Å². The number of aromatic nitrogens is 2. The zero-order chi connectivity index (χ0) is 16.5. The van der Waals surface area contributed by atoms with Gasteiger partial charge in [-0.2, -0.15) is 0 Å². The topological polar surface area (TPSA) is 54.5 Å². The Bertz CT molecular complexity index is 892. The highest BCUT2D eigenvalue weighted by Crippen LogP contribution is 2.18. The molecule has 2 aromatic heterocycles. The molecule has 1 aliphatic heterocycles. The van der Waals surface area contributed by atoms with Crippen molar-refractivity contribution in [3.63, 3.8) is 0 Å². The molecule has 1 aliphatic rings. The van der Waals surface area contributed by atoms with Crippen molar-refractivity contribution < 1.29 is 4.42 Å². The molecule has 3 heterocycles. The number of anilines is 1.